The maximum Gasteiger partial charge on any atom is 0.264 e. The molecule has 1 aromatic carbocycles. The predicted octanol–water partition coefficient (Wildman–Crippen LogP) is 1.83. The van der Waals surface area contributed by atoms with Crippen LogP contribution in [0.2, 0.25) is 5.02 Å². The van der Waals surface area contributed by atoms with Crippen LogP contribution in [0.15, 0.2) is 23.1 Å². The van der Waals surface area contributed by atoms with Crippen LogP contribution >= 0.6 is 11.6 Å². The summed E-state index contributed by atoms with van der Waals surface area (Å²) >= 11 is 5.80. The van der Waals surface area contributed by atoms with Gasteiger partial charge in [0.05, 0.1) is 22.1 Å². The van der Waals surface area contributed by atoms with Gasteiger partial charge in [0.25, 0.3) is 15.9 Å². The van der Waals surface area contributed by atoms with Gasteiger partial charge in [0.2, 0.25) is 0 Å². The molecule has 0 unspecified atom stereocenters. The first-order chi connectivity index (χ1) is 10.3. The molecule has 8 heteroatoms. The average molecular weight is 343 g/mol. The maximum atomic E-state index is 12.1. The minimum atomic E-state index is -4.05. The van der Waals surface area contributed by atoms with Gasteiger partial charge in [0, 0.05) is 0 Å². The van der Waals surface area contributed by atoms with Gasteiger partial charge in [-0.3, -0.25) is 4.79 Å². The van der Waals surface area contributed by atoms with Crippen LogP contribution in [0.25, 0.3) is 0 Å². The van der Waals surface area contributed by atoms with Crippen molar-refractivity contribution in [3.8, 4) is 6.07 Å². The summed E-state index contributed by atoms with van der Waals surface area (Å²) in [5.41, 5.74) is 0.160. The Balaban J connectivity index is 2.04. The molecule has 0 bridgehead atoms. The van der Waals surface area contributed by atoms with Crippen LogP contribution < -0.4 is 4.72 Å². The highest BCUT2D eigenvalue weighted by atomic mass is 35.5. The third-order valence-electron chi connectivity index (χ3n) is 3.25. The van der Waals surface area contributed by atoms with E-state index in [0.717, 1.165) is 18.9 Å². The van der Waals surface area contributed by atoms with E-state index in [1.54, 1.807) is 0 Å². The highest BCUT2D eigenvalue weighted by Crippen LogP contribution is 2.29. The highest BCUT2D eigenvalue weighted by Gasteiger charge is 2.26. The molecule has 1 aromatic rings. The summed E-state index contributed by atoms with van der Waals surface area (Å²) < 4.78 is 31.5. The Hall–Kier alpha value is -1.62. The van der Waals surface area contributed by atoms with Crippen molar-refractivity contribution in [1.29, 1.82) is 5.26 Å². The van der Waals surface area contributed by atoms with Crippen molar-refractivity contribution < 1.29 is 17.9 Å². The number of hydrogen-bond donors (Lipinski definition) is 1. The third-order valence-corrected chi connectivity index (χ3v) is 4.91. The Kier molecular flexibility index (Phi) is 5.06. The first-order valence-corrected chi connectivity index (χ1v) is 8.57. The molecule has 0 spiro atoms. The van der Waals surface area contributed by atoms with E-state index in [4.69, 9.17) is 21.6 Å². The summed E-state index contributed by atoms with van der Waals surface area (Å²) in [5.74, 6) is -0.259. The molecule has 1 atom stereocenters. The van der Waals surface area contributed by atoms with Crippen LogP contribution in [0, 0.1) is 17.2 Å². The van der Waals surface area contributed by atoms with Gasteiger partial charge in [-0.2, -0.15) is 5.26 Å². The van der Waals surface area contributed by atoms with Crippen LogP contribution in [0.5, 0.6) is 0 Å². The zero-order valence-corrected chi connectivity index (χ0v) is 13.4. The lowest BCUT2D eigenvalue weighted by Crippen LogP contribution is -2.38. The number of carbonyl (C=O) groups excluding carboxylic acids is 1. The highest BCUT2D eigenvalue weighted by molar-refractivity contribution is 7.90. The van der Waals surface area contributed by atoms with Gasteiger partial charge in [-0.15, -0.1) is 0 Å². The molecular formula is C14H15ClN2O4S. The van der Waals surface area contributed by atoms with E-state index < -0.39 is 22.0 Å². The van der Waals surface area contributed by atoms with E-state index in [0.29, 0.717) is 12.5 Å². The van der Waals surface area contributed by atoms with E-state index in [9.17, 15) is 13.2 Å². The van der Waals surface area contributed by atoms with Crippen molar-refractivity contribution in [2.75, 3.05) is 6.61 Å². The van der Waals surface area contributed by atoms with Gasteiger partial charge in [0.1, 0.15) is 12.2 Å². The molecule has 6 nitrogen and oxygen atoms in total. The number of carbonyl (C=O) groups is 1. The summed E-state index contributed by atoms with van der Waals surface area (Å²) in [6.45, 7) is 1.95. The quantitative estimate of drug-likeness (QED) is 0.850. The average Bonchev–Trinajstić information content (AvgIpc) is 3.28. The molecule has 1 amide bonds. The van der Waals surface area contributed by atoms with E-state index in [2.05, 4.69) is 0 Å². The van der Waals surface area contributed by atoms with Crippen molar-refractivity contribution in [1.82, 2.24) is 4.72 Å². The Bertz CT molecular complexity index is 723. The molecule has 0 aliphatic heterocycles. The largest absolute Gasteiger partial charge is 0.368 e. The van der Waals surface area contributed by atoms with Crippen molar-refractivity contribution in [2.24, 2.45) is 5.92 Å². The fraction of sp³-hybridized carbons (Fsp3) is 0.429. The minimum Gasteiger partial charge on any atom is -0.368 e. The normalized spacial score (nSPS) is 15.9. The molecule has 0 saturated heterocycles. The lowest BCUT2D eigenvalue weighted by molar-refractivity contribution is -0.130. The van der Waals surface area contributed by atoms with Crippen LogP contribution in [0.3, 0.4) is 0 Å². The standard InChI is InChI=1S/C14H15ClN2O4S/c1-9(21-8-10-2-3-10)14(18)17-22(19,20)12-5-4-11(7-16)13(15)6-12/h4-6,9-10H,2-3,8H2,1H3,(H,17,18)/t9-/m0/s1. The molecule has 1 aliphatic rings. The number of nitrogens with zero attached hydrogens (tertiary/aromatic N) is 1. The van der Waals surface area contributed by atoms with Crippen molar-refractivity contribution in [2.45, 2.75) is 30.8 Å². The fourth-order valence-electron chi connectivity index (χ4n) is 1.67. The summed E-state index contributed by atoms with van der Waals surface area (Å²) in [6, 6.07) is 5.47. The van der Waals surface area contributed by atoms with Crippen LogP contribution in [0.1, 0.15) is 25.3 Å². The van der Waals surface area contributed by atoms with Gasteiger partial charge in [0.15, 0.2) is 0 Å². The van der Waals surface area contributed by atoms with Crippen LogP contribution in [-0.2, 0) is 19.6 Å². The Morgan fingerprint density at radius 2 is 2.23 bits per heavy atom. The summed E-state index contributed by atoms with van der Waals surface area (Å²) in [4.78, 5) is 11.7. The van der Waals surface area contributed by atoms with Crippen molar-refractivity contribution in [3.05, 3.63) is 28.8 Å². The second kappa shape index (κ2) is 6.65. The third kappa shape index (κ3) is 4.19. The molecule has 1 N–H and O–H groups in total. The number of nitrogens with one attached hydrogen (secondary N) is 1. The number of ether oxygens (including phenoxy) is 1. The zero-order chi connectivity index (χ0) is 16.3. The second-order valence-corrected chi connectivity index (χ2v) is 7.23. The van der Waals surface area contributed by atoms with E-state index in [-0.39, 0.29) is 15.5 Å². The molecule has 1 saturated carbocycles. The van der Waals surface area contributed by atoms with Gasteiger partial charge in [-0.25, -0.2) is 13.1 Å². The topological polar surface area (TPSA) is 96.3 Å². The fourth-order valence-corrected chi connectivity index (χ4v) is 3.02. The molecule has 1 fully saturated rings. The molecule has 118 valence electrons. The first-order valence-electron chi connectivity index (χ1n) is 6.71. The SMILES string of the molecule is C[C@H](OCC1CC1)C(=O)NS(=O)(=O)c1ccc(C#N)c(Cl)c1. The smallest absolute Gasteiger partial charge is 0.264 e. The van der Waals surface area contributed by atoms with Gasteiger partial charge >= 0.3 is 0 Å². The number of sulfonamides is 1. The Morgan fingerprint density at radius 3 is 2.77 bits per heavy atom. The van der Waals surface area contributed by atoms with Crippen molar-refractivity contribution >= 4 is 27.5 Å². The summed E-state index contributed by atoms with van der Waals surface area (Å²) in [5, 5.41) is 8.78. The number of rotatable bonds is 6. The number of halogens is 1. The Morgan fingerprint density at radius 1 is 1.55 bits per heavy atom. The number of benzene rings is 1. The molecule has 0 radical (unpaired) electrons. The van der Waals surface area contributed by atoms with E-state index >= 15 is 0 Å². The molecule has 0 aromatic heterocycles. The summed E-state index contributed by atoms with van der Waals surface area (Å²) in [7, 11) is -4.05. The van der Waals surface area contributed by atoms with Gasteiger partial charge in [-0.05, 0) is 43.9 Å². The summed E-state index contributed by atoms with van der Waals surface area (Å²) in [6.07, 6.45) is 1.30. The number of hydrogen-bond acceptors (Lipinski definition) is 5. The van der Waals surface area contributed by atoms with Crippen molar-refractivity contribution in [3.63, 3.8) is 0 Å². The minimum absolute atomic E-state index is 0.0101. The van der Waals surface area contributed by atoms with Gasteiger partial charge < -0.3 is 4.74 Å². The molecule has 2 rings (SSSR count). The zero-order valence-electron chi connectivity index (χ0n) is 11.9. The lowest BCUT2D eigenvalue weighted by Gasteiger charge is -2.13. The molecular weight excluding hydrogens is 328 g/mol. The van der Waals surface area contributed by atoms with Crippen LogP contribution in [-0.4, -0.2) is 27.0 Å². The van der Waals surface area contributed by atoms with E-state index in [1.165, 1.54) is 19.1 Å². The number of amides is 1. The second-order valence-electron chi connectivity index (χ2n) is 5.14. The molecule has 22 heavy (non-hydrogen) atoms. The molecule has 1 aliphatic carbocycles. The predicted molar refractivity (Wildman–Crippen MR) is 79.6 cm³/mol. The maximum absolute atomic E-state index is 12.1. The van der Waals surface area contributed by atoms with E-state index in [1.807, 2.05) is 10.8 Å². The lowest BCUT2D eigenvalue weighted by atomic mass is 10.2. The molecule has 0 heterocycles. The van der Waals surface area contributed by atoms with Gasteiger partial charge in [-0.1, -0.05) is 11.6 Å². The Labute approximate surface area is 134 Å². The van der Waals surface area contributed by atoms with Crippen LogP contribution in [0.4, 0.5) is 0 Å². The number of nitriles is 1. The first kappa shape index (κ1) is 16.7. The monoisotopic (exact) mass is 342 g/mol.